The third-order valence-electron chi connectivity index (χ3n) is 12.4. The van der Waals surface area contributed by atoms with Crippen LogP contribution in [0.1, 0.15) is 111 Å². The second-order valence-electron chi connectivity index (χ2n) is 15.7. The molecule has 8 nitrogen and oxygen atoms in total. The molecule has 44 heavy (non-hydrogen) atoms. The number of hydrogen-bond acceptors (Lipinski definition) is 7. The van der Waals surface area contributed by atoms with Crippen molar-refractivity contribution in [3.63, 3.8) is 0 Å². The van der Waals surface area contributed by atoms with E-state index in [4.69, 9.17) is 9.47 Å². The van der Waals surface area contributed by atoms with Gasteiger partial charge in [-0.25, -0.2) is 17.9 Å². The lowest BCUT2D eigenvalue weighted by molar-refractivity contribution is -0.113. The van der Waals surface area contributed by atoms with E-state index < -0.39 is 16.1 Å². The van der Waals surface area contributed by atoms with Crippen molar-refractivity contribution in [3.8, 4) is 5.75 Å². The van der Waals surface area contributed by atoms with Gasteiger partial charge in [-0.15, -0.1) is 0 Å². The maximum atomic E-state index is 13.0. The zero-order valence-electron chi connectivity index (χ0n) is 27.6. The summed E-state index contributed by atoms with van der Waals surface area (Å²) in [7, 11) is -4.09. The van der Waals surface area contributed by atoms with Gasteiger partial charge in [0, 0.05) is 0 Å². The zero-order chi connectivity index (χ0) is 32.1. The number of carbonyl (C=O) groups excluding carboxylic acids is 1. The van der Waals surface area contributed by atoms with Gasteiger partial charge in [0.05, 0.1) is 23.7 Å². The average Bonchev–Trinajstić information content (AvgIpc) is 3.32. The Hall–Kier alpha value is -1.84. The van der Waals surface area contributed by atoms with E-state index in [1.165, 1.54) is 6.07 Å². The number of aryl methyl sites for hydroxylation is 1. The van der Waals surface area contributed by atoms with Gasteiger partial charge in [-0.2, -0.15) is 0 Å². The Bertz CT molecular complexity index is 1300. The molecule has 0 saturated heterocycles. The van der Waals surface area contributed by atoms with Crippen LogP contribution >= 0.6 is 0 Å². The van der Waals surface area contributed by atoms with Gasteiger partial charge >= 0.3 is 6.09 Å². The summed E-state index contributed by atoms with van der Waals surface area (Å²) >= 11 is 0. The van der Waals surface area contributed by atoms with Crippen LogP contribution in [0.5, 0.6) is 5.75 Å². The van der Waals surface area contributed by atoms with Crippen LogP contribution < -0.4 is 9.46 Å². The lowest BCUT2D eigenvalue weighted by Gasteiger charge is -2.56. The first-order chi connectivity index (χ1) is 20.6. The predicted molar refractivity (Wildman–Crippen MR) is 170 cm³/mol. The summed E-state index contributed by atoms with van der Waals surface area (Å²) in [6, 6.07) is 4.70. The van der Waals surface area contributed by atoms with Gasteiger partial charge in [0.2, 0.25) is 0 Å². The van der Waals surface area contributed by atoms with Gasteiger partial charge in [-0.3, -0.25) is 0 Å². The van der Waals surface area contributed by atoms with Crippen molar-refractivity contribution in [1.29, 1.82) is 0 Å². The first kappa shape index (κ1) is 33.5. The highest BCUT2D eigenvalue weighted by atomic mass is 32.2. The topological polar surface area (TPSA) is 122 Å². The standard InChI is InChI=1S/C35H55NO7S/c1-7-29(38)31-27(34(5)17-13-24(37)14-18-34)15-19-35(6)26(9-10-28(31)35)22(2)21-42-32(39)36-44(40,41)25-8-11-30-23(20-25)12-16-33(3,4)43-30/h8,11,20,22,24,26-29,31,37-38H,7,9-10,12-19,21H2,1-6H3,(H,36,39)/t22-,24?,26?,27+,28+,29-,31-,34?,35?/m1/s1. The second kappa shape index (κ2) is 12.4. The van der Waals surface area contributed by atoms with Crippen LogP contribution in [-0.2, 0) is 21.2 Å². The molecule has 1 heterocycles. The van der Waals surface area contributed by atoms with Crippen LogP contribution in [0, 0.1) is 40.4 Å². The molecule has 1 aliphatic heterocycles. The fourth-order valence-electron chi connectivity index (χ4n) is 9.75. The first-order valence-electron chi connectivity index (χ1n) is 17.0. The highest BCUT2D eigenvalue weighted by Crippen LogP contribution is 2.65. The molecule has 7 atom stereocenters. The van der Waals surface area contributed by atoms with Gasteiger partial charge in [0.1, 0.15) is 11.4 Å². The summed E-state index contributed by atoms with van der Waals surface area (Å²) in [6.07, 6.45) is 8.61. The van der Waals surface area contributed by atoms with Crippen molar-refractivity contribution >= 4 is 16.1 Å². The fourth-order valence-corrected chi connectivity index (χ4v) is 10.7. The third kappa shape index (κ3) is 6.52. The molecule has 1 aromatic rings. The molecule has 2 unspecified atom stereocenters. The lowest BCUT2D eigenvalue weighted by Crippen LogP contribution is -2.52. The largest absolute Gasteiger partial charge is 0.488 e. The van der Waals surface area contributed by atoms with Crippen LogP contribution in [-0.4, -0.2) is 49.1 Å². The quantitative estimate of drug-likeness (QED) is 0.294. The SMILES string of the molecule is CC[C@@H](O)[C@@H]1[C@@H](C2(C)CCC(O)CC2)CCC2(C)C([C@H](C)COC(=O)NS(=O)(=O)c3ccc4c(c3)CCC(C)(C)O4)CC[C@@H]12. The molecule has 0 bridgehead atoms. The van der Waals surface area contributed by atoms with Gasteiger partial charge < -0.3 is 19.7 Å². The summed E-state index contributed by atoms with van der Waals surface area (Å²) in [4.78, 5) is 12.8. The molecule has 3 aliphatic carbocycles. The minimum atomic E-state index is -4.09. The first-order valence-corrected chi connectivity index (χ1v) is 18.4. The number of aliphatic hydroxyl groups is 2. The number of fused-ring (bicyclic) bond motifs is 2. The smallest absolute Gasteiger partial charge is 0.421 e. The van der Waals surface area contributed by atoms with Crippen molar-refractivity contribution in [3.05, 3.63) is 23.8 Å². The maximum absolute atomic E-state index is 13.0. The molecule has 3 saturated carbocycles. The highest BCUT2D eigenvalue weighted by molar-refractivity contribution is 7.90. The number of aliphatic hydroxyl groups excluding tert-OH is 2. The lowest BCUT2D eigenvalue weighted by atomic mass is 9.49. The van der Waals surface area contributed by atoms with Crippen molar-refractivity contribution in [1.82, 2.24) is 4.72 Å². The van der Waals surface area contributed by atoms with Crippen LogP contribution in [0.3, 0.4) is 0 Å². The number of nitrogens with one attached hydrogen (secondary N) is 1. The molecule has 3 N–H and O–H groups in total. The Morgan fingerprint density at radius 1 is 1.05 bits per heavy atom. The number of hydrogen-bond donors (Lipinski definition) is 3. The highest BCUT2D eigenvalue weighted by Gasteiger charge is 2.59. The van der Waals surface area contributed by atoms with E-state index in [1.54, 1.807) is 12.1 Å². The Balaban J connectivity index is 1.22. The Labute approximate surface area is 264 Å². The van der Waals surface area contributed by atoms with Crippen LogP contribution in [0.25, 0.3) is 0 Å². The molecule has 1 aromatic carbocycles. The minimum Gasteiger partial charge on any atom is -0.488 e. The third-order valence-corrected chi connectivity index (χ3v) is 13.7. The van der Waals surface area contributed by atoms with Gasteiger partial charge in [0.25, 0.3) is 10.0 Å². The minimum absolute atomic E-state index is 0.0208. The molecular formula is C35H55NO7S. The van der Waals surface area contributed by atoms with E-state index in [9.17, 15) is 23.4 Å². The number of rotatable bonds is 8. The van der Waals surface area contributed by atoms with Crippen LogP contribution in [0.4, 0.5) is 4.79 Å². The van der Waals surface area contributed by atoms with Crippen LogP contribution in [0.2, 0.25) is 0 Å². The Morgan fingerprint density at radius 2 is 1.75 bits per heavy atom. The van der Waals surface area contributed by atoms with Gasteiger partial charge in [0.15, 0.2) is 0 Å². The summed E-state index contributed by atoms with van der Waals surface area (Å²) < 4.78 is 39.7. The zero-order valence-corrected chi connectivity index (χ0v) is 28.4. The molecule has 4 aliphatic rings. The van der Waals surface area contributed by atoms with Crippen LogP contribution in [0.15, 0.2) is 23.1 Å². The fraction of sp³-hybridized carbons (Fsp3) is 0.800. The Morgan fingerprint density at radius 3 is 2.43 bits per heavy atom. The van der Waals surface area contributed by atoms with E-state index in [0.717, 1.165) is 69.8 Å². The Kier molecular flexibility index (Phi) is 9.45. The van der Waals surface area contributed by atoms with Crippen molar-refractivity contribution < 1.29 is 32.9 Å². The molecule has 0 aromatic heterocycles. The van der Waals surface area contributed by atoms with E-state index >= 15 is 0 Å². The molecule has 9 heteroatoms. The van der Waals surface area contributed by atoms with Crippen molar-refractivity contribution in [2.75, 3.05) is 6.61 Å². The maximum Gasteiger partial charge on any atom is 0.421 e. The number of sulfonamides is 1. The molecule has 0 radical (unpaired) electrons. The summed E-state index contributed by atoms with van der Waals surface area (Å²) in [5, 5.41) is 21.6. The second-order valence-corrected chi connectivity index (χ2v) is 17.4. The van der Waals surface area contributed by atoms with E-state index in [0.29, 0.717) is 29.9 Å². The molecular weight excluding hydrogens is 578 g/mol. The van der Waals surface area contributed by atoms with Gasteiger partial charge in [-0.1, -0.05) is 27.7 Å². The summed E-state index contributed by atoms with van der Waals surface area (Å²) in [5.74, 6) is 2.09. The average molecular weight is 634 g/mol. The normalized spacial score (nSPS) is 36.3. The number of ether oxygens (including phenoxy) is 2. The molecule has 3 fully saturated rings. The van der Waals surface area contributed by atoms with E-state index in [-0.39, 0.29) is 52.0 Å². The van der Waals surface area contributed by atoms with E-state index in [2.05, 4.69) is 32.4 Å². The molecule has 1 amide bonds. The number of amides is 1. The number of benzene rings is 1. The summed E-state index contributed by atoms with van der Waals surface area (Å²) in [5.41, 5.74) is 0.678. The van der Waals surface area contributed by atoms with Gasteiger partial charge in [-0.05, 0) is 149 Å². The van der Waals surface area contributed by atoms with Crippen molar-refractivity contribution in [2.24, 2.45) is 40.4 Å². The number of carbonyl (C=O) groups is 1. The monoisotopic (exact) mass is 633 g/mol. The van der Waals surface area contributed by atoms with Crippen molar-refractivity contribution in [2.45, 2.75) is 135 Å². The summed E-state index contributed by atoms with van der Waals surface area (Å²) in [6.45, 7) is 13.1. The molecule has 5 rings (SSSR count). The molecule has 248 valence electrons. The predicted octanol–water partition coefficient (Wildman–Crippen LogP) is 6.61. The van der Waals surface area contributed by atoms with E-state index in [1.807, 2.05) is 13.8 Å². The molecule has 0 spiro atoms.